The summed E-state index contributed by atoms with van der Waals surface area (Å²) < 4.78 is 13.2. The molecule has 136 valence electrons. The fraction of sp³-hybridized carbons (Fsp3) is 0.238. The smallest absolute Gasteiger partial charge is 0.141 e. The highest BCUT2D eigenvalue weighted by molar-refractivity contribution is 5.86. The zero-order valence-electron chi connectivity index (χ0n) is 14.9. The minimum absolute atomic E-state index is 0.101. The molecule has 0 bridgehead atoms. The number of phenols is 1. The molecule has 5 rings (SSSR count). The molecule has 1 saturated heterocycles. The number of para-hydroxylation sites is 1. The first-order chi connectivity index (χ1) is 13.1. The van der Waals surface area contributed by atoms with Crippen LogP contribution in [0.15, 0.2) is 54.9 Å². The molecule has 0 unspecified atom stereocenters. The Kier molecular flexibility index (Phi) is 3.55. The summed E-state index contributed by atoms with van der Waals surface area (Å²) in [5.74, 6) is 0.962. The molecule has 3 aromatic heterocycles. The fourth-order valence-electron chi connectivity index (χ4n) is 3.31. The number of phenolic OH excluding ortho intramolecular Hbond substituents is 1. The van der Waals surface area contributed by atoms with Crippen LogP contribution in [0.5, 0.6) is 11.5 Å². The Hall–Kier alpha value is -3.12. The van der Waals surface area contributed by atoms with Gasteiger partial charge in [-0.25, -0.2) is 9.97 Å². The fourth-order valence-corrected chi connectivity index (χ4v) is 3.31. The molecule has 1 aliphatic rings. The van der Waals surface area contributed by atoms with Crippen molar-refractivity contribution in [3.8, 4) is 22.9 Å². The van der Waals surface area contributed by atoms with Crippen molar-refractivity contribution in [1.29, 1.82) is 0 Å². The maximum atomic E-state index is 10.1. The van der Waals surface area contributed by atoms with Gasteiger partial charge in [0.05, 0.1) is 37.4 Å². The van der Waals surface area contributed by atoms with E-state index in [-0.39, 0.29) is 11.2 Å². The number of fused-ring (bicyclic) bond motifs is 2. The minimum Gasteiger partial charge on any atom is -0.506 e. The van der Waals surface area contributed by atoms with Crippen LogP contribution in [0.25, 0.3) is 27.9 Å². The zero-order valence-corrected chi connectivity index (χ0v) is 14.9. The van der Waals surface area contributed by atoms with Crippen LogP contribution in [0, 0.1) is 5.41 Å². The third kappa shape index (κ3) is 2.78. The molecule has 0 aliphatic carbocycles. The molecule has 27 heavy (non-hydrogen) atoms. The van der Waals surface area contributed by atoms with Crippen LogP contribution in [-0.2, 0) is 4.74 Å². The van der Waals surface area contributed by atoms with E-state index >= 15 is 0 Å². The monoisotopic (exact) mass is 361 g/mol. The quantitative estimate of drug-likeness (QED) is 0.601. The Balaban J connectivity index is 1.48. The van der Waals surface area contributed by atoms with Gasteiger partial charge in [0.1, 0.15) is 22.7 Å². The number of imidazole rings is 1. The van der Waals surface area contributed by atoms with Crippen LogP contribution in [0.1, 0.15) is 6.92 Å². The van der Waals surface area contributed by atoms with Gasteiger partial charge in [0.2, 0.25) is 0 Å². The second kappa shape index (κ2) is 5.96. The van der Waals surface area contributed by atoms with Gasteiger partial charge < -0.3 is 14.6 Å². The largest absolute Gasteiger partial charge is 0.506 e. The Morgan fingerprint density at radius 2 is 2.11 bits per heavy atom. The van der Waals surface area contributed by atoms with Crippen LogP contribution < -0.4 is 4.74 Å². The molecule has 0 saturated carbocycles. The van der Waals surface area contributed by atoms with Crippen molar-refractivity contribution in [2.45, 2.75) is 6.92 Å². The number of rotatable bonds is 4. The summed E-state index contributed by atoms with van der Waals surface area (Å²) in [7, 11) is 0. The number of pyridine rings is 2. The highest BCUT2D eigenvalue weighted by atomic mass is 16.5. The van der Waals surface area contributed by atoms with Gasteiger partial charge in [-0.15, -0.1) is 0 Å². The molecule has 0 amide bonds. The molecule has 6 heteroatoms. The molecule has 6 nitrogen and oxygen atoms in total. The molecule has 4 heterocycles. The third-order valence-electron chi connectivity index (χ3n) is 4.93. The van der Waals surface area contributed by atoms with Gasteiger partial charge in [-0.1, -0.05) is 25.1 Å². The Labute approximate surface area is 156 Å². The average molecular weight is 361 g/mol. The second-order valence-corrected chi connectivity index (χ2v) is 7.37. The summed E-state index contributed by atoms with van der Waals surface area (Å²) in [6.07, 6.45) is 3.72. The van der Waals surface area contributed by atoms with E-state index < -0.39 is 0 Å². The lowest BCUT2D eigenvalue weighted by molar-refractivity contribution is -0.120. The van der Waals surface area contributed by atoms with Gasteiger partial charge in [0.25, 0.3) is 0 Å². The summed E-state index contributed by atoms with van der Waals surface area (Å²) in [6.45, 7) is 4.26. The number of benzene rings is 1. The number of aromatic hydroxyl groups is 1. The normalized spacial score (nSPS) is 15.7. The minimum atomic E-state index is 0.101. The van der Waals surface area contributed by atoms with Crippen LogP contribution in [0.3, 0.4) is 0 Å². The van der Waals surface area contributed by atoms with E-state index in [2.05, 4.69) is 16.9 Å². The molecule has 1 fully saturated rings. The molecular formula is C21H19N3O3. The number of aromatic nitrogens is 3. The van der Waals surface area contributed by atoms with Gasteiger partial charge in [0, 0.05) is 23.1 Å². The molecule has 1 aromatic carbocycles. The Morgan fingerprint density at radius 1 is 1.22 bits per heavy atom. The lowest BCUT2D eigenvalue weighted by atomic mass is 9.90. The van der Waals surface area contributed by atoms with Crippen molar-refractivity contribution < 1.29 is 14.6 Å². The summed E-state index contributed by atoms with van der Waals surface area (Å²) in [5.41, 5.74) is 3.09. The Bertz CT molecular complexity index is 1150. The summed E-state index contributed by atoms with van der Waals surface area (Å²) >= 11 is 0. The molecule has 4 aromatic rings. The van der Waals surface area contributed by atoms with Crippen molar-refractivity contribution in [3.63, 3.8) is 0 Å². The number of hydrogen-bond donors (Lipinski definition) is 1. The lowest BCUT2D eigenvalue weighted by Gasteiger charge is -2.37. The van der Waals surface area contributed by atoms with Gasteiger partial charge >= 0.3 is 0 Å². The SMILES string of the molecule is CC1(COc2ccn3c(-c4ccc5cccc(O)c5n4)cnc3c2)COC1. The van der Waals surface area contributed by atoms with E-state index in [9.17, 15) is 5.11 Å². The molecular weight excluding hydrogens is 342 g/mol. The summed E-state index contributed by atoms with van der Waals surface area (Å²) in [5, 5.41) is 11.0. The van der Waals surface area contributed by atoms with Crippen molar-refractivity contribution in [2.24, 2.45) is 5.41 Å². The molecule has 1 N–H and O–H groups in total. The van der Waals surface area contributed by atoms with Crippen molar-refractivity contribution in [1.82, 2.24) is 14.4 Å². The lowest BCUT2D eigenvalue weighted by Crippen LogP contribution is -2.44. The van der Waals surface area contributed by atoms with Crippen LogP contribution in [-0.4, -0.2) is 39.3 Å². The molecule has 0 radical (unpaired) electrons. The van der Waals surface area contributed by atoms with E-state index in [0.29, 0.717) is 12.1 Å². The van der Waals surface area contributed by atoms with Crippen LogP contribution in [0.2, 0.25) is 0 Å². The first-order valence-corrected chi connectivity index (χ1v) is 8.88. The highest BCUT2D eigenvalue weighted by Gasteiger charge is 2.34. The van der Waals surface area contributed by atoms with Gasteiger partial charge in [-0.3, -0.25) is 4.40 Å². The highest BCUT2D eigenvalue weighted by Crippen LogP contribution is 2.29. The van der Waals surface area contributed by atoms with Crippen LogP contribution in [0.4, 0.5) is 0 Å². The second-order valence-electron chi connectivity index (χ2n) is 7.37. The number of hydrogen-bond acceptors (Lipinski definition) is 5. The van der Waals surface area contributed by atoms with Crippen molar-refractivity contribution in [3.05, 3.63) is 54.9 Å². The van der Waals surface area contributed by atoms with E-state index in [1.807, 2.05) is 47.0 Å². The topological polar surface area (TPSA) is 68.9 Å². The van der Waals surface area contributed by atoms with E-state index in [1.165, 1.54) is 0 Å². The first kappa shape index (κ1) is 16.1. The van der Waals surface area contributed by atoms with Gasteiger partial charge in [-0.2, -0.15) is 0 Å². The zero-order chi connectivity index (χ0) is 18.4. The number of ether oxygens (including phenoxy) is 2. The maximum absolute atomic E-state index is 10.1. The third-order valence-corrected chi connectivity index (χ3v) is 4.93. The standard InChI is InChI=1S/C21H19N3O3/c1-21(11-26-12-21)13-27-15-7-8-24-17(10-22-19(24)9-15)16-6-5-14-3-2-4-18(25)20(14)23-16/h2-10,25H,11-13H2,1H3. The Morgan fingerprint density at radius 3 is 2.93 bits per heavy atom. The summed E-state index contributed by atoms with van der Waals surface area (Å²) in [6, 6.07) is 13.1. The van der Waals surface area contributed by atoms with Gasteiger partial charge in [0.15, 0.2) is 0 Å². The molecule has 0 spiro atoms. The van der Waals surface area contributed by atoms with Crippen LogP contribution >= 0.6 is 0 Å². The summed E-state index contributed by atoms with van der Waals surface area (Å²) in [4.78, 5) is 9.11. The number of nitrogens with zero attached hydrogens (tertiary/aromatic N) is 3. The van der Waals surface area contributed by atoms with Gasteiger partial charge in [-0.05, 0) is 18.2 Å². The average Bonchev–Trinajstić information content (AvgIpc) is 3.08. The predicted octanol–water partition coefficient (Wildman–Crippen LogP) is 3.67. The van der Waals surface area contributed by atoms with E-state index in [0.717, 1.165) is 41.4 Å². The molecule has 0 atom stereocenters. The maximum Gasteiger partial charge on any atom is 0.141 e. The van der Waals surface area contributed by atoms with Crippen molar-refractivity contribution in [2.75, 3.05) is 19.8 Å². The molecule has 1 aliphatic heterocycles. The predicted molar refractivity (Wildman–Crippen MR) is 102 cm³/mol. The first-order valence-electron chi connectivity index (χ1n) is 8.88. The van der Waals surface area contributed by atoms with Crippen molar-refractivity contribution >= 4 is 16.6 Å². The van der Waals surface area contributed by atoms with E-state index in [4.69, 9.17) is 9.47 Å². The van der Waals surface area contributed by atoms with E-state index in [1.54, 1.807) is 12.3 Å².